The van der Waals surface area contributed by atoms with E-state index in [0.717, 1.165) is 0 Å². The van der Waals surface area contributed by atoms with Gasteiger partial charge in [-0.3, -0.25) is 0 Å². The average Bonchev–Trinajstić information content (AvgIpc) is 2.17. The Kier molecular flexibility index (Phi) is 2.28. The van der Waals surface area contributed by atoms with Crippen LogP contribution in [0.2, 0.25) is 0 Å². The molecule has 15 heavy (non-hydrogen) atoms. The van der Waals surface area contributed by atoms with E-state index in [0.29, 0.717) is 11.6 Å². The third-order valence-electron chi connectivity index (χ3n) is 1.49. The fourth-order valence-corrected chi connectivity index (χ4v) is 0.888. The number of hydrogen-bond acceptors (Lipinski definition) is 7. The zero-order valence-electron chi connectivity index (χ0n) is 7.66. The molecule has 7 heteroatoms. The van der Waals surface area contributed by atoms with E-state index >= 15 is 0 Å². The molecule has 0 aliphatic heterocycles. The summed E-state index contributed by atoms with van der Waals surface area (Å²) in [4.78, 5) is 15.3. The molecule has 2 aromatic rings. The number of ether oxygens (including phenoxy) is 1. The molecule has 0 aliphatic rings. The van der Waals surface area contributed by atoms with Gasteiger partial charge in [-0.05, 0) is 12.1 Å². The van der Waals surface area contributed by atoms with E-state index in [1.54, 1.807) is 12.1 Å². The number of rotatable bonds is 2. The lowest BCUT2D eigenvalue weighted by atomic mass is 10.6. The topological polar surface area (TPSA) is 113 Å². The second-order valence-electron chi connectivity index (χ2n) is 2.63. The van der Waals surface area contributed by atoms with Crippen LogP contribution in [-0.2, 0) is 0 Å². The van der Waals surface area contributed by atoms with Crippen molar-refractivity contribution in [1.82, 2.24) is 19.9 Å². The largest absolute Gasteiger partial charge is 0.388 e. The Balaban J connectivity index is 2.22. The van der Waals surface area contributed by atoms with Gasteiger partial charge in [0.15, 0.2) is 0 Å². The highest BCUT2D eigenvalue weighted by atomic mass is 16.5. The summed E-state index contributed by atoms with van der Waals surface area (Å²) < 4.78 is 5.14. The van der Waals surface area contributed by atoms with E-state index in [4.69, 9.17) is 16.2 Å². The Bertz CT molecular complexity index is 431. The number of anilines is 2. The quantitative estimate of drug-likeness (QED) is 0.719. The second-order valence-corrected chi connectivity index (χ2v) is 2.63. The van der Waals surface area contributed by atoms with Gasteiger partial charge in [-0.2, -0.15) is 9.97 Å². The monoisotopic (exact) mass is 204 g/mol. The van der Waals surface area contributed by atoms with Crippen LogP contribution in [0.4, 0.5) is 11.6 Å². The fraction of sp³-hybridized carbons (Fsp3) is 0. The van der Waals surface area contributed by atoms with Gasteiger partial charge in [-0.25, -0.2) is 9.97 Å². The van der Waals surface area contributed by atoms with E-state index in [-0.39, 0.29) is 12.0 Å². The molecule has 0 fully saturated rings. The highest BCUT2D eigenvalue weighted by Gasteiger charge is 2.03. The summed E-state index contributed by atoms with van der Waals surface area (Å²) in [5, 5.41) is 0. The van der Waals surface area contributed by atoms with Crippen molar-refractivity contribution in [3.8, 4) is 12.0 Å². The van der Waals surface area contributed by atoms with Crippen LogP contribution in [0.5, 0.6) is 12.0 Å². The predicted molar refractivity (Wildman–Crippen MR) is 53.0 cm³/mol. The molecular formula is C8H8N6O. The lowest BCUT2D eigenvalue weighted by Crippen LogP contribution is -1.99. The summed E-state index contributed by atoms with van der Waals surface area (Å²) >= 11 is 0. The molecule has 0 spiro atoms. The third-order valence-corrected chi connectivity index (χ3v) is 1.49. The van der Waals surface area contributed by atoms with Crippen molar-refractivity contribution in [2.24, 2.45) is 0 Å². The maximum absolute atomic E-state index is 5.45. The molecule has 4 N–H and O–H groups in total. The lowest BCUT2D eigenvalue weighted by Gasteiger charge is -2.01. The van der Waals surface area contributed by atoms with Crippen LogP contribution >= 0.6 is 0 Å². The molecule has 7 nitrogen and oxygen atoms in total. The van der Waals surface area contributed by atoms with Crippen LogP contribution in [0.1, 0.15) is 0 Å². The van der Waals surface area contributed by atoms with E-state index in [9.17, 15) is 0 Å². The highest BCUT2D eigenvalue weighted by molar-refractivity contribution is 5.29. The minimum absolute atomic E-state index is 0.0839. The first-order valence-corrected chi connectivity index (χ1v) is 4.09. The van der Waals surface area contributed by atoms with Gasteiger partial charge >= 0.3 is 12.0 Å². The minimum Gasteiger partial charge on any atom is -0.388 e. The molecule has 0 amide bonds. The summed E-state index contributed by atoms with van der Waals surface area (Å²) in [7, 11) is 0. The van der Waals surface area contributed by atoms with Gasteiger partial charge in [0.25, 0.3) is 0 Å². The molecule has 0 saturated carbocycles. The average molecular weight is 204 g/mol. The third kappa shape index (κ3) is 2.27. The predicted octanol–water partition coefficient (Wildman–Crippen LogP) is 0.223. The van der Waals surface area contributed by atoms with Crippen LogP contribution in [0.3, 0.4) is 0 Å². The molecule has 0 bridgehead atoms. The molecular weight excluding hydrogens is 196 g/mol. The van der Waals surface area contributed by atoms with Crippen molar-refractivity contribution < 1.29 is 4.74 Å². The van der Waals surface area contributed by atoms with E-state index in [1.165, 1.54) is 12.4 Å². The number of hydrogen-bond donors (Lipinski definition) is 2. The molecule has 0 saturated heterocycles. The van der Waals surface area contributed by atoms with Gasteiger partial charge in [0.05, 0.1) is 0 Å². The van der Waals surface area contributed by atoms with Crippen LogP contribution in [0.15, 0.2) is 24.5 Å². The molecule has 0 aliphatic carbocycles. The summed E-state index contributed by atoms with van der Waals surface area (Å²) in [5.41, 5.74) is 10.9. The fourth-order valence-electron chi connectivity index (χ4n) is 0.888. The van der Waals surface area contributed by atoms with Gasteiger partial charge in [0.2, 0.25) is 0 Å². The Labute approximate surface area is 85.2 Å². The number of nitrogens with two attached hydrogens (primary N) is 2. The Morgan fingerprint density at radius 2 is 1.33 bits per heavy atom. The first-order chi connectivity index (χ1) is 7.24. The van der Waals surface area contributed by atoms with E-state index in [2.05, 4.69) is 19.9 Å². The number of nitrogen functional groups attached to an aromatic ring is 2. The molecule has 76 valence electrons. The minimum atomic E-state index is 0.0839. The Morgan fingerprint density at radius 3 is 1.73 bits per heavy atom. The SMILES string of the molecule is Nc1ccnc(Oc2nccc(N)n2)n1. The molecule has 2 heterocycles. The standard InChI is InChI=1S/C8H8N6O/c9-5-1-3-11-7(13-5)15-8-12-4-2-6(10)14-8/h1-4H,(H2,9,11,13)(H2,10,12,14). The van der Waals surface area contributed by atoms with Gasteiger partial charge in [-0.1, -0.05) is 0 Å². The van der Waals surface area contributed by atoms with Crippen LogP contribution in [0, 0.1) is 0 Å². The van der Waals surface area contributed by atoms with Crippen LogP contribution in [-0.4, -0.2) is 19.9 Å². The molecule has 2 aromatic heterocycles. The normalized spacial score (nSPS) is 9.87. The number of aromatic nitrogens is 4. The molecule has 0 aromatic carbocycles. The first kappa shape index (κ1) is 9.13. The summed E-state index contributed by atoms with van der Waals surface area (Å²) in [6.07, 6.45) is 2.95. The second kappa shape index (κ2) is 3.74. The van der Waals surface area contributed by atoms with Crippen molar-refractivity contribution in [1.29, 1.82) is 0 Å². The smallest absolute Gasteiger partial charge is 0.326 e. The van der Waals surface area contributed by atoms with Gasteiger partial charge < -0.3 is 16.2 Å². The Morgan fingerprint density at radius 1 is 0.867 bits per heavy atom. The van der Waals surface area contributed by atoms with Crippen molar-refractivity contribution in [2.45, 2.75) is 0 Å². The van der Waals surface area contributed by atoms with Crippen LogP contribution < -0.4 is 16.2 Å². The van der Waals surface area contributed by atoms with Crippen molar-refractivity contribution in [3.05, 3.63) is 24.5 Å². The van der Waals surface area contributed by atoms with E-state index in [1.807, 2.05) is 0 Å². The summed E-state index contributed by atoms with van der Waals surface area (Å²) in [6, 6.07) is 3.27. The molecule has 0 unspecified atom stereocenters. The van der Waals surface area contributed by atoms with Crippen molar-refractivity contribution in [3.63, 3.8) is 0 Å². The zero-order chi connectivity index (χ0) is 10.7. The lowest BCUT2D eigenvalue weighted by molar-refractivity contribution is 0.408. The number of nitrogens with zero attached hydrogens (tertiary/aromatic N) is 4. The van der Waals surface area contributed by atoms with Gasteiger partial charge in [-0.15, -0.1) is 0 Å². The summed E-state index contributed by atoms with van der Waals surface area (Å²) in [6.45, 7) is 0. The van der Waals surface area contributed by atoms with Crippen molar-refractivity contribution >= 4 is 11.6 Å². The van der Waals surface area contributed by atoms with Crippen molar-refractivity contribution in [2.75, 3.05) is 11.5 Å². The maximum atomic E-state index is 5.45. The zero-order valence-corrected chi connectivity index (χ0v) is 7.66. The molecule has 0 radical (unpaired) electrons. The molecule has 0 atom stereocenters. The molecule has 2 rings (SSSR count). The van der Waals surface area contributed by atoms with Gasteiger partial charge in [0.1, 0.15) is 11.6 Å². The maximum Gasteiger partial charge on any atom is 0.326 e. The van der Waals surface area contributed by atoms with Crippen LogP contribution in [0.25, 0.3) is 0 Å². The van der Waals surface area contributed by atoms with Gasteiger partial charge in [0, 0.05) is 12.4 Å². The highest BCUT2D eigenvalue weighted by Crippen LogP contribution is 2.13. The summed E-state index contributed by atoms with van der Waals surface area (Å²) in [5.74, 6) is 0.618. The Hall–Kier alpha value is -2.44. The van der Waals surface area contributed by atoms with E-state index < -0.39 is 0 Å². The first-order valence-electron chi connectivity index (χ1n) is 4.09.